The molecule has 0 saturated carbocycles. The predicted octanol–water partition coefficient (Wildman–Crippen LogP) is 3.81. The second kappa shape index (κ2) is 7.25. The highest BCUT2D eigenvalue weighted by Crippen LogP contribution is 2.39. The van der Waals surface area contributed by atoms with Gasteiger partial charge in [0.05, 0.1) is 25.1 Å². The van der Waals surface area contributed by atoms with Crippen molar-refractivity contribution >= 4 is 45.3 Å². The third-order valence-corrected chi connectivity index (χ3v) is 4.46. The molecule has 0 spiro atoms. The molecule has 7 heteroatoms. The van der Waals surface area contributed by atoms with E-state index < -0.39 is 11.9 Å². The summed E-state index contributed by atoms with van der Waals surface area (Å²) < 4.78 is 17.3. The lowest BCUT2D eigenvalue weighted by Crippen LogP contribution is -2.15. The molecule has 0 aliphatic heterocycles. The van der Waals surface area contributed by atoms with Gasteiger partial charge >= 0.3 is 11.9 Å². The van der Waals surface area contributed by atoms with Crippen LogP contribution < -0.4 is 4.74 Å². The highest BCUT2D eigenvalue weighted by molar-refractivity contribution is 6.32. The number of aromatic nitrogens is 1. The van der Waals surface area contributed by atoms with Crippen LogP contribution in [-0.2, 0) is 20.8 Å². The fourth-order valence-corrected chi connectivity index (χ4v) is 3.25. The van der Waals surface area contributed by atoms with Gasteiger partial charge < -0.3 is 18.8 Å². The van der Waals surface area contributed by atoms with Crippen molar-refractivity contribution < 1.29 is 23.8 Å². The number of hydrogen-bond acceptors (Lipinski definition) is 5. The van der Waals surface area contributed by atoms with Crippen LogP contribution in [0.2, 0.25) is 5.02 Å². The van der Waals surface area contributed by atoms with E-state index in [4.69, 9.17) is 21.1 Å². The summed E-state index contributed by atoms with van der Waals surface area (Å²) in [6.07, 6.45) is 0. The van der Waals surface area contributed by atoms with Crippen molar-refractivity contribution in [3.05, 3.63) is 40.9 Å². The summed E-state index contributed by atoms with van der Waals surface area (Å²) in [5, 5.41) is 2.10. The Labute approximate surface area is 155 Å². The molecular weight excluding hydrogens is 358 g/mol. The van der Waals surface area contributed by atoms with Crippen molar-refractivity contribution in [1.29, 1.82) is 0 Å². The average molecular weight is 376 g/mol. The Balaban J connectivity index is 2.36. The molecule has 0 aliphatic carbocycles. The van der Waals surface area contributed by atoms with Gasteiger partial charge in [-0.3, -0.25) is 0 Å². The summed E-state index contributed by atoms with van der Waals surface area (Å²) in [5.74, 6) is -0.819. The molecule has 0 N–H and O–H groups in total. The molecule has 136 valence electrons. The normalized spacial score (nSPS) is 10.9. The molecule has 26 heavy (non-hydrogen) atoms. The van der Waals surface area contributed by atoms with Gasteiger partial charge in [0, 0.05) is 22.5 Å². The van der Waals surface area contributed by atoms with E-state index in [-0.39, 0.29) is 17.9 Å². The molecule has 0 fully saturated rings. The van der Waals surface area contributed by atoms with Gasteiger partial charge in [0.2, 0.25) is 0 Å². The minimum absolute atomic E-state index is 0.235. The Bertz CT molecular complexity index is 1010. The van der Waals surface area contributed by atoms with E-state index in [0.29, 0.717) is 10.4 Å². The van der Waals surface area contributed by atoms with Gasteiger partial charge in [-0.05, 0) is 37.3 Å². The first-order chi connectivity index (χ1) is 12.5. The minimum Gasteiger partial charge on any atom is -0.480 e. The van der Waals surface area contributed by atoms with Gasteiger partial charge in [-0.15, -0.1) is 0 Å². The minimum atomic E-state index is -0.550. The van der Waals surface area contributed by atoms with Gasteiger partial charge in [-0.25, -0.2) is 9.59 Å². The maximum Gasteiger partial charge on any atom is 0.343 e. The molecule has 0 atom stereocenters. The Morgan fingerprint density at radius 3 is 2.46 bits per heavy atom. The molecule has 0 aliphatic rings. The van der Waals surface area contributed by atoms with E-state index in [9.17, 15) is 9.59 Å². The molecule has 1 aromatic heterocycles. The Kier molecular flexibility index (Phi) is 5.04. The third kappa shape index (κ3) is 2.97. The quantitative estimate of drug-likeness (QED) is 0.634. The second-order valence-corrected chi connectivity index (χ2v) is 6.03. The lowest BCUT2D eigenvalue weighted by atomic mass is 10.1. The number of carbonyl (C=O) groups excluding carboxylic acids is 2. The van der Waals surface area contributed by atoms with E-state index in [1.165, 1.54) is 14.2 Å². The summed E-state index contributed by atoms with van der Waals surface area (Å²) in [6, 6.07) is 9.02. The molecule has 3 aromatic rings. The fourth-order valence-electron chi connectivity index (χ4n) is 3.08. The SMILES string of the molecule is CCn1c2ccc(Cl)cc2c2c(OCC(=O)OC)c(C(=O)OC)ccc21. The Hall–Kier alpha value is -2.73. The zero-order valence-electron chi connectivity index (χ0n) is 14.7. The highest BCUT2D eigenvalue weighted by atomic mass is 35.5. The zero-order valence-corrected chi connectivity index (χ0v) is 15.4. The number of aryl methyl sites for hydroxylation is 1. The monoisotopic (exact) mass is 375 g/mol. The lowest BCUT2D eigenvalue weighted by molar-refractivity contribution is -0.142. The number of nitrogens with zero attached hydrogens (tertiary/aromatic N) is 1. The Morgan fingerprint density at radius 2 is 1.81 bits per heavy atom. The van der Waals surface area contributed by atoms with Crippen LogP contribution in [0.4, 0.5) is 0 Å². The molecular formula is C19H18ClNO5. The van der Waals surface area contributed by atoms with E-state index in [1.807, 2.05) is 31.2 Å². The number of methoxy groups -OCH3 is 2. The van der Waals surface area contributed by atoms with Gasteiger partial charge in [-0.2, -0.15) is 0 Å². The van der Waals surface area contributed by atoms with Crippen molar-refractivity contribution in [2.45, 2.75) is 13.5 Å². The average Bonchev–Trinajstić information content (AvgIpc) is 2.97. The molecule has 6 nitrogen and oxygen atoms in total. The van der Waals surface area contributed by atoms with Crippen LogP contribution in [0.5, 0.6) is 5.75 Å². The summed E-state index contributed by atoms with van der Waals surface area (Å²) in [7, 11) is 2.57. The number of rotatable bonds is 5. The van der Waals surface area contributed by atoms with Crippen molar-refractivity contribution in [2.24, 2.45) is 0 Å². The van der Waals surface area contributed by atoms with Crippen LogP contribution in [0.15, 0.2) is 30.3 Å². The molecule has 0 radical (unpaired) electrons. The molecule has 1 heterocycles. The molecule has 2 aromatic carbocycles. The highest BCUT2D eigenvalue weighted by Gasteiger charge is 2.22. The predicted molar refractivity (Wildman–Crippen MR) is 99.0 cm³/mol. The van der Waals surface area contributed by atoms with Crippen LogP contribution in [0.3, 0.4) is 0 Å². The number of fused-ring (bicyclic) bond motifs is 3. The van der Waals surface area contributed by atoms with Crippen LogP contribution in [0.1, 0.15) is 17.3 Å². The molecule has 0 amide bonds. The van der Waals surface area contributed by atoms with Gasteiger partial charge in [0.1, 0.15) is 11.3 Å². The first-order valence-electron chi connectivity index (χ1n) is 8.04. The second-order valence-electron chi connectivity index (χ2n) is 5.60. The largest absolute Gasteiger partial charge is 0.480 e. The van der Waals surface area contributed by atoms with Crippen LogP contribution in [0, 0.1) is 0 Å². The maximum atomic E-state index is 12.2. The fraction of sp³-hybridized carbons (Fsp3) is 0.263. The van der Waals surface area contributed by atoms with Gasteiger partial charge in [0.25, 0.3) is 0 Å². The van der Waals surface area contributed by atoms with E-state index in [0.717, 1.165) is 23.0 Å². The van der Waals surface area contributed by atoms with E-state index in [1.54, 1.807) is 6.07 Å². The molecule has 0 saturated heterocycles. The number of benzene rings is 2. The lowest BCUT2D eigenvalue weighted by Gasteiger charge is -2.12. The van der Waals surface area contributed by atoms with Crippen LogP contribution >= 0.6 is 11.6 Å². The number of carbonyl (C=O) groups is 2. The van der Waals surface area contributed by atoms with Crippen molar-refractivity contribution in [3.63, 3.8) is 0 Å². The number of esters is 2. The van der Waals surface area contributed by atoms with Crippen molar-refractivity contribution in [2.75, 3.05) is 20.8 Å². The van der Waals surface area contributed by atoms with Gasteiger partial charge in [0.15, 0.2) is 6.61 Å². The molecule has 0 unspecified atom stereocenters. The number of halogens is 1. The Morgan fingerprint density at radius 1 is 1.08 bits per heavy atom. The van der Waals surface area contributed by atoms with E-state index >= 15 is 0 Å². The smallest absolute Gasteiger partial charge is 0.343 e. The third-order valence-electron chi connectivity index (χ3n) is 4.23. The number of hydrogen-bond donors (Lipinski definition) is 0. The van der Waals surface area contributed by atoms with Gasteiger partial charge in [-0.1, -0.05) is 11.6 Å². The van der Waals surface area contributed by atoms with Crippen molar-refractivity contribution in [1.82, 2.24) is 4.57 Å². The molecule has 0 bridgehead atoms. The summed E-state index contributed by atoms with van der Waals surface area (Å²) in [5.41, 5.74) is 2.06. The maximum absolute atomic E-state index is 12.2. The summed E-state index contributed by atoms with van der Waals surface area (Å²) in [4.78, 5) is 23.8. The topological polar surface area (TPSA) is 66.8 Å². The summed E-state index contributed by atoms with van der Waals surface area (Å²) in [6.45, 7) is 2.42. The standard InChI is InChI=1S/C19H18ClNO5/c1-4-21-14-7-5-11(20)9-13(14)17-15(21)8-6-12(19(23)25-3)18(17)26-10-16(22)24-2/h5-9H,4,10H2,1-3H3. The van der Waals surface area contributed by atoms with Crippen LogP contribution in [-0.4, -0.2) is 37.3 Å². The van der Waals surface area contributed by atoms with E-state index in [2.05, 4.69) is 9.30 Å². The van der Waals surface area contributed by atoms with Crippen molar-refractivity contribution in [3.8, 4) is 5.75 Å². The zero-order chi connectivity index (χ0) is 18.8. The molecule has 3 rings (SSSR count). The first-order valence-corrected chi connectivity index (χ1v) is 8.42. The summed E-state index contributed by atoms with van der Waals surface area (Å²) >= 11 is 6.19. The number of ether oxygens (including phenoxy) is 3. The first kappa shape index (κ1) is 18.1. The van der Waals surface area contributed by atoms with Crippen LogP contribution in [0.25, 0.3) is 21.8 Å².